The number of benzene rings is 1. The number of nitrogens with one attached hydrogen (secondary N) is 3. The van der Waals surface area contributed by atoms with Crippen molar-refractivity contribution in [3.05, 3.63) is 28.3 Å². The highest BCUT2D eigenvalue weighted by Crippen LogP contribution is 2.27. The van der Waals surface area contributed by atoms with Gasteiger partial charge in [0.05, 0.1) is 22.2 Å². The van der Waals surface area contributed by atoms with Crippen LogP contribution in [0.4, 0.5) is 5.69 Å². The third-order valence-corrected chi connectivity index (χ3v) is 6.22. The predicted octanol–water partition coefficient (Wildman–Crippen LogP) is 1.94. The van der Waals surface area contributed by atoms with Gasteiger partial charge in [0.15, 0.2) is 14.9 Å². The molecule has 2 rings (SSSR count). The first kappa shape index (κ1) is 19.9. The van der Waals surface area contributed by atoms with Crippen molar-refractivity contribution in [2.75, 3.05) is 23.4 Å². The lowest BCUT2D eigenvalue weighted by Crippen LogP contribution is -2.38. The molecule has 3 N–H and O–H groups in total. The van der Waals surface area contributed by atoms with E-state index in [4.69, 9.17) is 23.8 Å². The molecular weight excluding hydrogens is 382 g/mol. The monoisotopic (exact) mass is 403 g/mol. The van der Waals surface area contributed by atoms with Crippen molar-refractivity contribution in [2.24, 2.45) is 0 Å². The number of carbonyl (C=O) groups excluding carboxylic acids is 1. The molecule has 1 aromatic carbocycles. The number of sulfone groups is 1. The fraction of sp³-hybridized carbons (Fsp3) is 0.500. The molecule has 1 aliphatic heterocycles. The van der Waals surface area contributed by atoms with Gasteiger partial charge >= 0.3 is 0 Å². The Morgan fingerprint density at radius 1 is 1.36 bits per heavy atom. The van der Waals surface area contributed by atoms with Crippen LogP contribution in [0.3, 0.4) is 0 Å². The molecule has 0 aliphatic carbocycles. The summed E-state index contributed by atoms with van der Waals surface area (Å²) < 4.78 is 22.8. The molecule has 1 aliphatic rings. The largest absolute Gasteiger partial charge is 0.362 e. The Balaban J connectivity index is 1.75. The van der Waals surface area contributed by atoms with Crippen molar-refractivity contribution in [2.45, 2.75) is 32.7 Å². The number of amides is 1. The second-order valence-corrected chi connectivity index (χ2v) is 9.28. The zero-order valence-electron chi connectivity index (χ0n) is 14.2. The van der Waals surface area contributed by atoms with E-state index in [9.17, 15) is 13.2 Å². The Morgan fingerprint density at radius 3 is 2.68 bits per heavy atom. The molecule has 1 atom stereocenters. The zero-order chi connectivity index (χ0) is 18.6. The van der Waals surface area contributed by atoms with Crippen LogP contribution in [0, 0.1) is 13.8 Å². The second kappa shape index (κ2) is 8.33. The fourth-order valence-corrected chi connectivity index (χ4v) is 4.98. The molecule has 6 nitrogen and oxygen atoms in total. The number of halogens is 1. The molecule has 1 aromatic rings. The molecule has 1 heterocycles. The number of aryl methyl sites for hydroxylation is 2. The van der Waals surface area contributed by atoms with Crippen LogP contribution in [0.15, 0.2) is 12.1 Å². The summed E-state index contributed by atoms with van der Waals surface area (Å²) in [6.45, 7) is 4.25. The highest BCUT2D eigenvalue weighted by molar-refractivity contribution is 7.91. The Labute approximate surface area is 158 Å². The maximum Gasteiger partial charge on any atom is 0.222 e. The first-order valence-corrected chi connectivity index (χ1v) is 10.6. The molecule has 1 fully saturated rings. The summed E-state index contributed by atoms with van der Waals surface area (Å²) in [6, 6.07) is 3.57. The van der Waals surface area contributed by atoms with Crippen LogP contribution in [-0.2, 0) is 14.6 Å². The molecule has 9 heteroatoms. The molecule has 1 saturated heterocycles. The van der Waals surface area contributed by atoms with Gasteiger partial charge in [-0.25, -0.2) is 8.42 Å². The van der Waals surface area contributed by atoms with E-state index in [2.05, 4.69) is 16.0 Å². The van der Waals surface area contributed by atoms with E-state index in [1.165, 1.54) is 0 Å². The van der Waals surface area contributed by atoms with Gasteiger partial charge in [-0.1, -0.05) is 17.7 Å². The van der Waals surface area contributed by atoms with Gasteiger partial charge in [-0.2, -0.15) is 0 Å². The van der Waals surface area contributed by atoms with E-state index >= 15 is 0 Å². The molecule has 1 amide bonds. The lowest BCUT2D eigenvalue weighted by Gasteiger charge is -2.15. The highest BCUT2D eigenvalue weighted by Gasteiger charge is 2.28. The molecule has 0 radical (unpaired) electrons. The Bertz CT molecular complexity index is 758. The van der Waals surface area contributed by atoms with E-state index in [1.807, 2.05) is 26.0 Å². The first-order valence-electron chi connectivity index (χ1n) is 7.97. The van der Waals surface area contributed by atoms with Crippen molar-refractivity contribution < 1.29 is 13.2 Å². The summed E-state index contributed by atoms with van der Waals surface area (Å²) in [5.74, 6) is -0.0278. The summed E-state index contributed by atoms with van der Waals surface area (Å²) in [6.07, 6.45) is 0.686. The van der Waals surface area contributed by atoms with Crippen molar-refractivity contribution in [3.8, 4) is 0 Å². The highest BCUT2D eigenvalue weighted by atomic mass is 35.5. The number of thiocarbonyl (C=S) groups is 1. The van der Waals surface area contributed by atoms with E-state index in [-0.39, 0.29) is 29.9 Å². The average molecular weight is 404 g/mol. The Morgan fingerprint density at radius 2 is 2.08 bits per heavy atom. The molecule has 138 valence electrons. The van der Waals surface area contributed by atoms with E-state index < -0.39 is 9.84 Å². The minimum atomic E-state index is -2.99. The minimum absolute atomic E-state index is 0.0251. The van der Waals surface area contributed by atoms with Crippen LogP contribution in [0.5, 0.6) is 0 Å². The van der Waals surface area contributed by atoms with Crippen molar-refractivity contribution in [1.29, 1.82) is 0 Å². The van der Waals surface area contributed by atoms with Gasteiger partial charge in [-0.05, 0) is 49.7 Å². The molecule has 0 spiro atoms. The van der Waals surface area contributed by atoms with E-state index in [1.54, 1.807) is 0 Å². The van der Waals surface area contributed by atoms with Crippen LogP contribution in [0.1, 0.15) is 24.0 Å². The van der Waals surface area contributed by atoms with Crippen LogP contribution in [0.2, 0.25) is 5.02 Å². The van der Waals surface area contributed by atoms with Gasteiger partial charge in [0.25, 0.3) is 0 Å². The number of anilines is 1. The predicted molar refractivity (Wildman–Crippen MR) is 105 cm³/mol. The first-order chi connectivity index (χ1) is 11.7. The number of hydrogen-bond donors (Lipinski definition) is 3. The van der Waals surface area contributed by atoms with Crippen molar-refractivity contribution in [1.82, 2.24) is 10.6 Å². The molecule has 1 unspecified atom stereocenters. The third-order valence-electron chi connectivity index (χ3n) is 3.91. The number of rotatable bonds is 5. The van der Waals surface area contributed by atoms with Gasteiger partial charge in [0.2, 0.25) is 5.91 Å². The summed E-state index contributed by atoms with van der Waals surface area (Å²) in [5.41, 5.74) is 2.79. The SMILES string of the molecule is Cc1cc(C)c(NC(=S)NCCC(=O)NC2CCS(=O)(=O)C2)c(Cl)c1. The van der Waals surface area contributed by atoms with Gasteiger partial charge in [-0.15, -0.1) is 0 Å². The standard InChI is InChI=1S/C16H22ClN3O3S2/c1-10-7-11(2)15(13(17)8-10)20-16(24)18-5-3-14(21)19-12-4-6-25(22,23)9-12/h7-8,12H,3-6,9H2,1-2H3,(H,19,21)(H2,18,20,24). The zero-order valence-corrected chi connectivity index (χ0v) is 16.6. The number of hydrogen-bond acceptors (Lipinski definition) is 4. The lowest BCUT2D eigenvalue weighted by molar-refractivity contribution is -0.121. The minimum Gasteiger partial charge on any atom is -0.362 e. The van der Waals surface area contributed by atoms with E-state index in [0.717, 1.165) is 16.8 Å². The van der Waals surface area contributed by atoms with Crippen LogP contribution >= 0.6 is 23.8 Å². The summed E-state index contributed by atoms with van der Waals surface area (Å²) in [5, 5.41) is 9.70. The topological polar surface area (TPSA) is 87.3 Å². The van der Waals surface area contributed by atoms with Gasteiger partial charge < -0.3 is 16.0 Å². The smallest absolute Gasteiger partial charge is 0.222 e. The quantitative estimate of drug-likeness (QED) is 0.651. The fourth-order valence-electron chi connectivity index (χ4n) is 2.73. The summed E-state index contributed by atoms with van der Waals surface area (Å²) in [7, 11) is -2.99. The van der Waals surface area contributed by atoms with Crippen LogP contribution in [0.25, 0.3) is 0 Å². The van der Waals surface area contributed by atoms with Gasteiger partial charge in [-0.3, -0.25) is 4.79 Å². The second-order valence-electron chi connectivity index (χ2n) is 6.24. The Hall–Kier alpha value is -1.38. The van der Waals surface area contributed by atoms with E-state index in [0.29, 0.717) is 23.1 Å². The van der Waals surface area contributed by atoms with Gasteiger partial charge in [0.1, 0.15) is 0 Å². The molecule has 0 saturated carbocycles. The van der Waals surface area contributed by atoms with Crippen LogP contribution < -0.4 is 16.0 Å². The number of carbonyl (C=O) groups is 1. The molecular formula is C16H22ClN3O3S2. The summed E-state index contributed by atoms with van der Waals surface area (Å²) >= 11 is 11.4. The maximum absolute atomic E-state index is 11.9. The Kier molecular flexibility index (Phi) is 6.65. The summed E-state index contributed by atoms with van der Waals surface area (Å²) in [4.78, 5) is 11.9. The van der Waals surface area contributed by atoms with Gasteiger partial charge in [0, 0.05) is 19.0 Å². The molecule has 25 heavy (non-hydrogen) atoms. The third kappa shape index (κ3) is 6.13. The maximum atomic E-state index is 11.9. The molecule has 0 aromatic heterocycles. The average Bonchev–Trinajstić information content (AvgIpc) is 2.81. The van der Waals surface area contributed by atoms with Crippen molar-refractivity contribution in [3.63, 3.8) is 0 Å². The van der Waals surface area contributed by atoms with Crippen molar-refractivity contribution >= 4 is 50.4 Å². The molecule has 0 bridgehead atoms. The van der Waals surface area contributed by atoms with Crippen LogP contribution in [-0.4, -0.2) is 43.5 Å². The lowest BCUT2D eigenvalue weighted by atomic mass is 10.1. The normalized spacial score (nSPS) is 18.6.